The van der Waals surface area contributed by atoms with E-state index in [1.54, 1.807) is 0 Å². The molecular weight excluding hydrogens is 472 g/mol. The molecule has 0 spiro atoms. The molecule has 0 radical (unpaired) electrons. The average molecular weight is 484 g/mol. The highest BCUT2D eigenvalue weighted by Crippen LogP contribution is 2.38. The Balaban J connectivity index is 3.48. The van der Waals surface area contributed by atoms with Crippen molar-refractivity contribution in [1.29, 1.82) is 0 Å². The Kier molecular flexibility index (Phi) is 7.20. The second-order valence-corrected chi connectivity index (χ2v) is 6.64. The van der Waals surface area contributed by atoms with Crippen LogP contribution in [0.1, 0.15) is 19.7 Å². The van der Waals surface area contributed by atoms with Crippen LogP contribution in [0.15, 0.2) is 0 Å². The van der Waals surface area contributed by atoms with Crippen LogP contribution in [0.5, 0.6) is 12.0 Å². The van der Waals surface area contributed by atoms with E-state index in [4.69, 9.17) is 5.73 Å². The van der Waals surface area contributed by atoms with Crippen LogP contribution >= 0.6 is 0 Å². The fourth-order valence-electron chi connectivity index (χ4n) is 1.82. The molecule has 0 unspecified atom stereocenters. The van der Waals surface area contributed by atoms with Gasteiger partial charge >= 0.3 is 36.7 Å². The van der Waals surface area contributed by atoms with Crippen LogP contribution < -0.4 is 15.2 Å². The molecule has 180 valence electrons. The highest BCUT2D eigenvalue weighted by molar-refractivity contribution is 5.09. The zero-order valence-corrected chi connectivity index (χ0v) is 15.1. The lowest BCUT2D eigenvalue weighted by atomic mass is 10.0. The summed E-state index contributed by atoms with van der Waals surface area (Å²) in [5.74, 6) is -0.890. The van der Waals surface area contributed by atoms with Gasteiger partial charge in [0.15, 0.2) is 0 Å². The second kappa shape index (κ2) is 8.34. The molecule has 0 aliphatic heterocycles. The molecule has 1 aromatic heterocycles. The second-order valence-electron chi connectivity index (χ2n) is 6.64. The SMILES string of the molecule is CC(C)(N)Cc1nc(OC(C(F)(F)F)C(F)(F)F)nc(OC(C(F)(F)F)C(F)(F)F)n1. The van der Waals surface area contributed by atoms with Crippen LogP contribution in [0.25, 0.3) is 0 Å². The molecule has 0 aliphatic carbocycles. The molecule has 0 amide bonds. The van der Waals surface area contributed by atoms with Crippen molar-refractivity contribution in [3.05, 3.63) is 5.82 Å². The number of nitrogens with zero attached hydrogens (tertiary/aromatic N) is 3. The topological polar surface area (TPSA) is 83.2 Å². The Labute approximate surface area is 164 Å². The molecule has 0 saturated heterocycles. The van der Waals surface area contributed by atoms with Crippen molar-refractivity contribution in [2.45, 2.75) is 62.7 Å². The summed E-state index contributed by atoms with van der Waals surface area (Å²) in [7, 11) is 0. The molecule has 1 aromatic rings. The fourth-order valence-corrected chi connectivity index (χ4v) is 1.82. The Morgan fingerprint density at radius 3 is 1.16 bits per heavy atom. The number of hydrogen-bond acceptors (Lipinski definition) is 6. The van der Waals surface area contributed by atoms with E-state index >= 15 is 0 Å². The molecule has 2 N–H and O–H groups in total. The van der Waals surface area contributed by atoms with Gasteiger partial charge in [0.25, 0.3) is 12.2 Å². The molecule has 0 bridgehead atoms. The van der Waals surface area contributed by atoms with Crippen molar-refractivity contribution < 1.29 is 62.2 Å². The molecule has 1 rings (SSSR count). The fraction of sp³-hybridized carbons (Fsp3) is 0.769. The Bertz CT molecular complexity index is 671. The van der Waals surface area contributed by atoms with Crippen LogP contribution in [0.4, 0.5) is 52.7 Å². The maximum absolute atomic E-state index is 12.6. The largest absolute Gasteiger partial charge is 0.440 e. The van der Waals surface area contributed by atoms with Crippen LogP contribution in [0, 0.1) is 0 Å². The van der Waals surface area contributed by atoms with E-state index in [1.165, 1.54) is 13.8 Å². The van der Waals surface area contributed by atoms with E-state index in [0.29, 0.717) is 0 Å². The zero-order valence-electron chi connectivity index (χ0n) is 15.1. The highest BCUT2D eigenvalue weighted by atomic mass is 19.4. The van der Waals surface area contributed by atoms with E-state index in [0.717, 1.165) is 0 Å². The molecule has 0 fully saturated rings. The number of rotatable bonds is 6. The highest BCUT2D eigenvalue weighted by Gasteiger charge is 2.61. The summed E-state index contributed by atoms with van der Waals surface area (Å²) in [6, 6.07) is -3.76. The van der Waals surface area contributed by atoms with Crippen molar-refractivity contribution in [2.24, 2.45) is 5.73 Å². The van der Waals surface area contributed by atoms with Crippen molar-refractivity contribution in [3.63, 3.8) is 0 Å². The van der Waals surface area contributed by atoms with E-state index in [9.17, 15) is 52.7 Å². The predicted octanol–water partition coefficient (Wildman–Crippen LogP) is 3.90. The van der Waals surface area contributed by atoms with Crippen molar-refractivity contribution in [3.8, 4) is 12.0 Å². The summed E-state index contributed by atoms with van der Waals surface area (Å²) in [6.45, 7) is 2.47. The van der Waals surface area contributed by atoms with Gasteiger partial charge in [0.05, 0.1) is 0 Å². The van der Waals surface area contributed by atoms with Crippen LogP contribution in [0.2, 0.25) is 0 Å². The third-order valence-electron chi connectivity index (χ3n) is 2.89. The average Bonchev–Trinajstić information content (AvgIpc) is 2.44. The molecule has 0 atom stereocenters. The third kappa shape index (κ3) is 8.41. The minimum atomic E-state index is -6.08. The molecule has 31 heavy (non-hydrogen) atoms. The molecule has 0 aliphatic rings. The number of aromatic nitrogens is 3. The van der Waals surface area contributed by atoms with Crippen LogP contribution in [-0.2, 0) is 6.42 Å². The summed E-state index contributed by atoms with van der Waals surface area (Å²) in [5.41, 5.74) is 4.19. The number of nitrogens with two attached hydrogens (primary N) is 1. The first-order valence-corrected chi connectivity index (χ1v) is 7.64. The van der Waals surface area contributed by atoms with Gasteiger partial charge in [0, 0.05) is 12.0 Å². The number of alkyl halides is 12. The van der Waals surface area contributed by atoms with Crippen LogP contribution in [-0.4, -0.2) is 57.4 Å². The summed E-state index contributed by atoms with van der Waals surface area (Å²) in [5, 5.41) is 0. The summed E-state index contributed by atoms with van der Waals surface area (Å²) in [4.78, 5) is 8.69. The first kappa shape index (κ1) is 26.8. The first-order valence-electron chi connectivity index (χ1n) is 7.64. The maximum Gasteiger partial charge on any atom is 0.434 e. The Morgan fingerprint density at radius 2 is 0.935 bits per heavy atom. The smallest absolute Gasteiger partial charge is 0.434 e. The van der Waals surface area contributed by atoms with Crippen molar-refractivity contribution in [2.75, 3.05) is 0 Å². The number of ether oxygens (including phenoxy) is 2. The molecule has 0 saturated carbocycles. The molecular formula is C13H12F12N4O2. The van der Waals surface area contributed by atoms with E-state index in [-0.39, 0.29) is 0 Å². The molecule has 0 aromatic carbocycles. The van der Waals surface area contributed by atoms with Crippen molar-refractivity contribution >= 4 is 0 Å². The number of hydrogen-bond donors (Lipinski definition) is 1. The monoisotopic (exact) mass is 484 g/mol. The van der Waals surface area contributed by atoms with Crippen LogP contribution in [0.3, 0.4) is 0 Å². The van der Waals surface area contributed by atoms with Gasteiger partial charge in [-0.1, -0.05) is 0 Å². The lowest BCUT2D eigenvalue weighted by Gasteiger charge is -2.25. The molecule has 6 nitrogen and oxygen atoms in total. The Hall–Kier alpha value is -2.27. The van der Waals surface area contributed by atoms with Gasteiger partial charge in [0.1, 0.15) is 5.82 Å². The van der Waals surface area contributed by atoms with Gasteiger partial charge in [-0.3, -0.25) is 0 Å². The minimum Gasteiger partial charge on any atom is -0.440 e. The molecule has 18 heteroatoms. The van der Waals surface area contributed by atoms with E-state index in [2.05, 4.69) is 24.4 Å². The zero-order chi connectivity index (χ0) is 24.6. The predicted molar refractivity (Wildman–Crippen MR) is 74.8 cm³/mol. The quantitative estimate of drug-likeness (QED) is 0.618. The van der Waals surface area contributed by atoms with E-state index in [1.807, 2.05) is 0 Å². The van der Waals surface area contributed by atoms with E-state index < -0.39 is 66.7 Å². The van der Waals surface area contributed by atoms with Gasteiger partial charge in [-0.25, -0.2) is 0 Å². The van der Waals surface area contributed by atoms with Gasteiger partial charge in [-0.05, 0) is 13.8 Å². The standard InChI is InChI=1S/C13H12F12N4O2/c1-9(2,26)3-4-27-7(30-5(10(14,15)16)11(17,18)19)29-8(28-4)31-6(12(20,21)22)13(23,24)25/h5-6H,3,26H2,1-2H3. The Morgan fingerprint density at radius 1 is 0.645 bits per heavy atom. The summed E-state index contributed by atoms with van der Waals surface area (Å²) in [6.07, 6.45) is -34.1. The first-order chi connectivity index (χ1) is 13.5. The summed E-state index contributed by atoms with van der Waals surface area (Å²) < 4.78 is 159. The van der Waals surface area contributed by atoms with Crippen molar-refractivity contribution in [1.82, 2.24) is 15.0 Å². The number of halogens is 12. The summed E-state index contributed by atoms with van der Waals surface area (Å²) >= 11 is 0. The molecule has 1 heterocycles. The van der Waals surface area contributed by atoms with Gasteiger partial charge in [0.2, 0.25) is 0 Å². The van der Waals surface area contributed by atoms with Gasteiger partial charge < -0.3 is 15.2 Å². The maximum atomic E-state index is 12.6. The lowest BCUT2D eigenvalue weighted by molar-refractivity contribution is -0.302. The minimum absolute atomic E-state index is 0.631. The third-order valence-corrected chi connectivity index (χ3v) is 2.89. The lowest BCUT2D eigenvalue weighted by Crippen LogP contribution is -2.47. The van der Waals surface area contributed by atoms with Gasteiger partial charge in [-0.2, -0.15) is 62.7 Å². The normalized spacial score (nSPS) is 14.4. The van der Waals surface area contributed by atoms with Gasteiger partial charge in [-0.15, -0.1) is 4.98 Å².